The Labute approximate surface area is 240 Å². The van der Waals surface area contributed by atoms with Crippen LogP contribution in [0.4, 0.5) is 0 Å². The summed E-state index contributed by atoms with van der Waals surface area (Å²) in [6.07, 6.45) is 6.38. The molecule has 1 heterocycles. The highest BCUT2D eigenvalue weighted by Crippen LogP contribution is 2.33. The largest absolute Gasteiger partial charge is 0.489 e. The normalized spacial score (nSPS) is 12.1. The van der Waals surface area contributed by atoms with Crippen molar-refractivity contribution < 1.29 is 4.74 Å². The zero-order chi connectivity index (χ0) is 26.9. The lowest BCUT2D eigenvalue weighted by molar-refractivity contribution is 0.299. The Morgan fingerprint density at radius 1 is 0.921 bits per heavy atom. The Hall–Kier alpha value is -2.66. The van der Waals surface area contributed by atoms with Crippen LogP contribution in [-0.2, 0) is 26.0 Å². The van der Waals surface area contributed by atoms with Crippen molar-refractivity contribution in [3.63, 3.8) is 0 Å². The molecule has 4 aromatic rings. The zero-order valence-corrected chi connectivity index (χ0v) is 24.7. The molecule has 0 spiro atoms. The first kappa shape index (κ1) is 28.4. The fourth-order valence-corrected chi connectivity index (χ4v) is 5.69. The van der Waals surface area contributed by atoms with E-state index in [4.69, 9.17) is 16.3 Å². The molecule has 1 atom stereocenters. The molecular weight excluding hydrogens is 556 g/mol. The first-order valence-electron chi connectivity index (χ1n) is 13.4. The maximum Gasteiger partial charge on any atom is 0.124 e. The van der Waals surface area contributed by atoms with Crippen LogP contribution in [0.2, 0.25) is 5.02 Å². The summed E-state index contributed by atoms with van der Waals surface area (Å²) in [5, 5.41) is 4.48. The molecule has 0 radical (unpaired) electrons. The van der Waals surface area contributed by atoms with Crippen LogP contribution in [0.15, 0.2) is 89.7 Å². The van der Waals surface area contributed by atoms with Crippen LogP contribution in [0.5, 0.6) is 5.75 Å². The molecule has 3 aromatic carbocycles. The van der Waals surface area contributed by atoms with Crippen LogP contribution >= 0.6 is 27.5 Å². The fraction of sp³-hybridized carbons (Fsp3) is 0.303. The van der Waals surface area contributed by atoms with Crippen molar-refractivity contribution in [3.8, 4) is 16.9 Å². The van der Waals surface area contributed by atoms with Gasteiger partial charge in [0.05, 0.1) is 0 Å². The lowest BCUT2D eigenvalue weighted by Crippen LogP contribution is -2.32. The molecule has 0 aliphatic carbocycles. The Bertz CT molecular complexity index is 1310. The number of nitrogens with zero attached hydrogens (tertiary/aromatic N) is 1. The predicted molar refractivity (Wildman–Crippen MR) is 163 cm³/mol. The molecule has 198 valence electrons. The van der Waals surface area contributed by atoms with Crippen molar-refractivity contribution in [2.45, 2.75) is 59.2 Å². The van der Waals surface area contributed by atoms with E-state index in [9.17, 15) is 0 Å². The number of aryl methyl sites for hydroxylation is 2. The molecule has 5 heteroatoms. The molecule has 1 aromatic heterocycles. The third-order valence-corrected chi connectivity index (χ3v) is 8.26. The summed E-state index contributed by atoms with van der Waals surface area (Å²) in [5.41, 5.74) is 6.87. The van der Waals surface area contributed by atoms with E-state index in [0.717, 1.165) is 51.2 Å². The van der Waals surface area contributed by atoms with Crippen molar-refractivity contribution in [1.29, 1.82) is 0 Å². The number of benzene rings is 3. The number of halogens is 2. The van der Waals surface area contributed by atoms with Gasteiger partial charge in [-0.2, -0.15) is 0 Å². The van der Waals surface area contributed by atoms with E-state index in [1.807, 2.05) is 24.4 Å². The number of rotatable bonds is 12. The molecule has 0 saturated carbocycles. The minimum absolute atomic E-state index is 0.439. The van der Waals surface area contributed by atoms with Gasteiger partial charge in [-0.05, 0) is 81.6 Å². The van der Waals surface area contributed by atoms with Crippen molar-refractivity contribution >= 4 is 27.5 Å². The number of hydrogen-bond donors (Lipinski definition) is 1. The molecule has 0 amide bonds. The number of hydrogen-bond acceptors (Lipinski definition) is 3. The van der Waals surface area contributed by atoms with Crippen molar-refractivity contribution in [2.75, 3.05) is 0 Å². The fourth-order valence-electron chi connectivity index (χ4n) is 4.72. The van der Waals surface area contributed by atoms with Crippen molar-refractivity contribution in [1.82, 2.24) is 10.3 Å². The molecule has 38 heavy (non-hydrogen) atoms. The molecule has 1 unspecified atom stereocenters. The van der Waals surface area contributed by atoms with Gasteiger partial charge in [0, 0.05) is 45.6 Å². The van der Waals surface area contributed by atoms with Crippen LogP contribution in [0.1, 0.15) is 49.4 Å². The summed E-state index contributed by atoms with van der Waals surface area (Å²) in [6, 6.07) is 25.5. The number of ether oxygens (including phenoxy) is 1. The van der Waals surface area contributed by atoms with Gasteiger partial charge in [-0.15, -0.1) is 0 Å². The summed E-state index contributed by atoms with van der Waals surface area (Å²) >= 11 is 10.7. The third-order valence-electron chi connectivity index (χ3n) is 6.97. The van der Waals surface area contributed by atoms with E-state index in [0.29, 0.717) is 25.1 Å². The first-order chi connectivity index (χ1) is 18.5. The van der Waals surface area contributed by atoms with Crippen LogP contribution < -0.4 is 10.1 Å². The molecule has 0 saturated heterocycles. The van der Waals surface area contributed by atoms with E-state index in [1.165, 1.54) is 16.7 Å². The second kappa shape index (κ2) is 13.9. The Balaban J connectivity index is 1.56. The smallest absolute Gasteiger partial charge is 0.124 e. The average molecular weight is 592 g/mol. The summed E-state index contributed by atoms with van der Waals surface area (Å²) in [5.74, 6) is 1.43. The molecule has 1 N–H and O–H groups in total. The highest BCUT2D eigenvalue weighted by atomic mass is 79.9. The van der Waals surface area contributed by atoms with Gasteiger partial charge in [0.1, 0.15) is 12.4 Å². The van der Waals surface area contributed by atoms with Crippen LogP contribution in [0.3, 0.4) is 0 Å². The lowest BCUT2D eigenvalue weighted by atomic mass is 9.98. The average Bonchev–Trinajstić information content (AvgIpc) is 2.93. The van der Waals surface area contributed by atoms with Gasteiger partial charge < -0.3 is 10.1 Å². The monoisotopic (exact) mass is 590 g/mol. The van der Waals surface area contributed by atoms with Gasteiger partial charge in [0.2, 0.25) is 0 Å². The molecular formula is C33H36BrClN2O. The maximum absolute atomic E-state index is 6.86. The molecule has 4 rings (SSSR count). The topological polar surface area (TPSA) is 34.1 Å². The van der Waals surface area contributed by atoms with Gasteiger partial charge in [-0.1, -0.05) is 87.0 Å². The Kier molecular flexibility index (Phi) is 10.4. The molecule has 0 bridgehead atoms. The maximum atomic E-state index is 6.86. The number of aromatic nitrogens is 1. The van der Waals surface area contributed by atoms with E-state index in [1.54, 1.807) is 6.20 Å². The van der Waals surface area contributed by atoms with Gasteiger partial charge >= 0.3 is 0 Å². The Morgan fingerprint density at radius 2 is 1.71 bits per heavy atom. The molecule has 0 fully saturated rings. The van der Waals surface area contributed by atoms with Crippen LogP contribution in [-0.4, -0.2) is 11.0 Å². The third kappa shape index (κ3) is 7.47. The van der Waals surface area contributed by atoms with Gasteiger partial charge in [0.15, 0.2) is 0 Å². The van der Waals surface area contributed by atoms with E-state index < -0.39 is 0 Å². The molecule has 0 aliphatic rings. The number of nitrogens with one attached hydrogen (secondary N) is 1. The molecule has 0 aliphatic heterocycles. The number of pyridine rings is 1. The van der Waals surface area contributed by atoms with E-state index in [2.05, 4.69) is 102 Å². The quantitative estimate of drug-likeness (QED) is 0.178. The summed E-state index contributed by atoms with van der Waals surface area (Å²) < 4.78 is 7.48. The van der Waals surface area contributed by atoms with E-state index >= 15 is 0 Å². The first-order valence-corrected chi connectivity index (χ1v) is 14.5. The van der Waals surface area contributed by atoms with Crippen molar-refractivity contribution in [3.05, 3.63) is 117 Å². The SMILES string of the molecule is CCC(NCc1cc(Cl)c(CCc2cccc(-c3ccccc3)c2Br)cc1OCc1cccnc1)C(C)C. The van der Waals surface area contributed by atoms with Crippen LogP contribution in [0.25, 0.3) is 11.1 Å². The van der Waals surface area contributed by atoms with E-state index in [-0.39, 0.29) is 0 Å². The second-order valence-corrected chi connectivity index (χ2v) is 11.2. The van der Waals surface area contributed by atoms with Gasteiger partial charge in [-0.25, -0.2) is 0 Å². The van der Waals surface area contributed by atoms with Gasteiger partial charge in [0.25, 0.3) is 0 Å². The standard InChI is InChI=1S/C33H36BrClN2O/c1-4-31(23(2)3)37-21-28-18-30(35)27(19-32(28)38-22-24-10-9-17-36-20-24)16-15-26-13-8-14-29(33(26)34)25-11-6-5-7-12-25/h5-14,17-20,23,31,37H,4,15-16,21-22H2,1-3H3. The summed E-state index contributed by atoms with van der Waals surface area (Å²) in [4.78, 5) is 4.22. The summed E-state index contributed by atoms with van der Waals surface area (Å²) in [7, 11) is 0. The van der Waals surface area contributed by atoms with Gasteiger partial charge in [-0.3, -0.25) is 4.98 Å². The second-order valence-electron chi connectivity index (χ2n) is 9.99. The minimum atomic E-state index is 0.439. The predicted octanol–water partition coefficient (Wildman–Crippen LogP) is 9.05. The Morgan fingerprint density at radius 3 is 2.42 bits per heavy atom. The van der Waals surface area contributed by atoms with Crippen LogP contribution in [0, 0.1) is 5.92 Å². The van der Waals surface area contributed by atoms with Crippen molar-refractivity contribution in [2.24, 2.45) is 5.92 Å². The minimum Gasteiger partial charge on any atom is -0.489 e. The lowest BCUT2D eigenvalue weighted by Gasteiger charge is -2.22. The highest BCUT2D eigenvalue weighted by Gasteiger charge is 2.15. The molecule has 3 nitrogen and oxygen atoms in total. The highest BCUT2D eigenvalue weighted by molar-refractivity contribution is 9.10. The summed E-state index contributed by atoms with van der Waals surface area (Å²) in [6.45, 7) is 7.90. The zero-order valence-electron chi connectivity index (χ0n) is 22.4.